The van der Waals surface area contributed by atoms with Crippen LogP contribution in [0.1, 0.15) is 50.4 Å². The van der Waals surface area contributed by atoms with E-state index in [1.165, 1.54) is 19.3 Å². The average Bonchev–Trinajstić information content (AvgIpc) is 3.57. The first-order valence-corrected chi connectivity index (χ1v) is 13.3. The lowest BCUT2D eigenvalue weighted by Crippen LogP contribution is -2.33. The molecule has 5 rings (SSSR count). The molecule has 1 saturated heterocycles. The Labute approximate surface area is 209 Å². The van der Waals surface area contributed by atoms with E-state index in [1.807, 2.05) is 19.1 Å². The summed E-state index contributed by atoms with van der Waals surface area (Å²) in [6.07, 6.45) is 7.18. The molecule has 1 aliphatic rings. The van der Waals surface area contributed by atoms with E-state index in [2.05, 4.69) is 43.4 Å². The molecular formula is C24H28N8O3S. The molecule has 5 heterocycles. The van der Waals surface area contributed by atoms with Crippen molar-refractivity contribution in [3.8, 4) is 11.4 Å². The SMILES string of the molecule is CC(=O)N1CCC(S(=O)(=O)n2cc(-c3nccc(Cc4cc5c(cn4)nc(C)n5C(C)C)n3)cn2)C1. The molecule has 36 heavy (non-hydrogen) atoms. The molecule has 0 radical (unpaired) electrons. The number of imidazole rings is 1. The molecule has 1 fully saturated rings. The van der Waals surface area contributed by atoms with Crippen molar-refractivity contribution in [2.24, 2.45) is 0 Å². The van der Waals surface area contributed by atoms with E-state index >= 15 is 0 Å². The molecule has 11 nitrogen and oxygen atoms in total. The number of amides is 1. The van der Waals surface area contributed by atoms with Gasteiger partial charge in [-0.15, -0.1) is 0 Å². The summed E-state index contributed by atoms with van der Waals surface area (Å²) in [5, 5.41) is 3.39. The fraction of sp³-hybridized carbons (Fsp3) is 0.417. The first-order valence-electron chi connectivity index (χ1n) is 11.8. The minimum Gasteiger partial charge on any atom is -0.342 e. The summed E-state index contributed by atoms with van der Waals surface area (Å²) >= 11 is 0. The van der Waals surface area contributed by atoms with Gasteiger partial charge in [0.25, 0.3) is 10.0 Å². The second-order valence-corrected chi connectivity index (χ2v) is 11.4. The van der Waals surface area contributed by atoms with Crippen LogP contribution in [-0.2, 0) is 21.2 Å². The Balaban J connectivity index is 1.38. The lowest BCUT2D eigenvalue weighted by Gasteiger charge is -2.14. The molecule has 0 N–H and O–H groups in total. The van der Waals surface area contributed by atoms with Gasteiger partial charge in [-0.05, 0) is 39.3 Å². The molecule has 0 saturated carbocycles. The maximum absolute atomic E-state index is 13.0. The van der Waals surface area contributed by atoms with Gasteiger partial charge in [0.05, 0.1) is 35.4 Å². The topological polar surface area (TPSA) is 129 Å². The molecule has 1 atom stereocenters. The van der Waals surface area contributed by atoms with Crippen LogP contribution in [0.4, 0.5) is 0 Å². The summed E-state index contributed by atoms with van der Waals surface area (Å²) in [7, 11) is -3.74. The zero-order chi connectivity index (χ0) is 25.6. The van der Waals surface area contributed by atoms with E-state index < -0.39 is 15.3 Å². The molecule has 12 heteroatoms. The first-order chi connectivity index (χ1) is 17.1. The van der Waals surface area contributed by atoms with E-state index in [1.54, 1.807) is 17.3 Å². The molecule has 1 unspecified atom stereocenters. The quantitative estimate of drug-likeness (QED) is 0.388. The van der Waals surface area contributed by atoms with Crippen LogP contribution in [0.3, 0.4) is 0 Å². The number of aromatic nitrogens is 7. The summed E-state index contributed by atoms with van der Waals surface area (Å²) < 4.78 is 29.2. The highest BCUT2D eigenvalue weighted by molar-refractivity contribution is 7.90. The van der Waals surface area contributed by atoms with E-state index in [0.717, 1.165) is 32.3 Å². The van der Waals surface area contributed by atoms with Gasteiger partial charge in [-0.25, -0.2) is 23.4 Å². The summed E-state index contributed by atoms with van der Waals surface area (Å²) in [5.41, 5.74) is 3.99. The third-order valence-electron chi connectivity index (χ3n) is 6.49. The molecule has 188 valence electrons. The molecule has 0 bridgehead atoms. The average molecular weight is 509 g/mol. The van der Waals surface area contributed by atoms with E-state index in [0.29, 0.717) is 30.8 Å². The first kappa shape index (κ1) is 24.0. The molecule has 0 aromatic carbocycles. The number of nitrogens with zero attached hydrogens (tertiary/aromatic N) is 8. The van der Waals surface area contributed by atoms with Crippen LogP contribution in [0.2, 0.25) is 0 Å². The Hall–Kier alpha value is -3.67. The van der Waals surface area contributed by atoms with E-state index in [-0.39, 0.29) is 18.5 Å². The van der Waals surface area contributed by atoms with Crippen LogP contribution < -0.4 is 0 Å². The maximum atomic E-state index is 13.0. The van der Waals surface area contributed by atoms with Crippen LogP contribution in [-0.4, -0.2) is 71.3 Å². The van der Waals surface area contributed by atoms with Crippen molar-refractivity contribution in [3.05, 3.63) is 54.1 Å². The van der Waals surface area contributed by atoms with Crippen molar-refractivity contribution in [2.75, 3.05) is 13.1 Å². The minimum absolute atomic E-state index is 0.128. The number of hydrogen-bond donors (Lipinski definition) is 0. The number of carbonyl (C=O) groups is 1. The minimum atomic E-state index is -3.74. The molecule has 1 amide bonds. The monoisotopic (exact) mass is 508 g/mol. The zero-order valence-corrected chi connectivity index (χ0v) is 21.5. The lowest BCUT2D eigenvalue weighted by molar-refractivity contribution is -0.127. The highest BCUT2D eigenvalue weighted by Crippen LogP contribution is 2.23. The Morgan fingerprint density at radius 3 is 2.69 bits per heavy atom. The van der Waals surface area contributed by atoms with Gasteiger partial charge in [-0.3, -0.25) is 9.78 Å². The predicted molar refractivity (Wildman–Crippen MR) is 134 cm³/mol. The van der Waals surface area contributed by atoms with Crippen molar-refractivity contribution in [3.63, 3.8) is 0 Å². The zero-order valence-electron chi connectivity index (χ0n) is 20.7. The lowest BCUT2D eigenvalue weighted by atomic mass is 10.2. The number of likely N-dealkylation sites (tertiary alicyclic amines) is 1. The van der Waals surface area contributed by atoms with Gasteiger partial charge in [0.1, 0.15) is 16.6 Å². The second kappa shape index (κ2) is 9.08. The van der Waals surface area contributed by atoms with Gasteiger partial charge in [0.2, 0.25) is 5.91 Å². The Morgan fingerprint density at radius 1 is 1.17 bits per heavy atom. The van der Waals surface area contributed by atoms with Crippen LogP contribution >= 0.6 is 0 Å². The number of aryl methyl sites for hydroxylation is 1. The Bertz CT molecular complexity index is 1560. The Morgan fingerprint density at radius 2 is 1.97 bits per heavy atom. The van der Waals surface area contributed by atoms with E-state index in [9.17, 15) is 13.2 Å². The van der Waals surface area contributed by atoms with Gasteiger partial charge in [0.15, 0.2) is 5.82 Å². The fourth-order valence-corrected chi connectivity index (χ4v) is 6.21. The second-order valence-electron chi connectivity index (χ2n) is 9.36. The van der Waals surface area contributed by atoms with Crippen LogP contribution in [0, 0.1) is 6.92 Å². The van der Waals surface area contributed by atoms with Gasteiger partial charge < -0.3 is 9.47 Å². The maximum Gasteiger partial charge on any atom is 0.258 e. The number of rotatable bonds is 6. The van der Waals surface area contributed by atoms with Gasteiger partial charge in [-0.2, -0.15) is 9.19 Å². The van der Waals surface area contributed by atoms with Crippen LogP contribution in [0.25, 0.3) is 22.4 Å². The summed E-state index contributed by atoms with van der Waals surface area (Å²) in [6, 6.07) is 4.13. The summed E-state index contributed by atoms with van der Waals surface area (Å²) in [6.45, 7) is 8.28. The number of pyridine rings is 1. The van der Waals surface area contributed by atoms with E-state index in [4.69, 9.17) is 0 Å². The molecule has 0 spiro atoms. The smallest absolute Gasteiger partial charge is 0.258 e. The Kier molecular flexibility index (Phi) is 6.07. The highest BCUT2D eigenvalue weighted by Gasteiger charge is 2.36. The normalized spacial score (nSPS) is 16.4. The molecule has 4 aromatic rings. The van der Waals surface area contributed by atoms with Crippen molar-refractivity contribution in [2.45, 2.75) is 51.8 Å². The van der Waals surface area contributed by atoms with Crippen molar-refractivity contribution < 1.29 is 13.2 Å². The number of carbonyl (C=O) groups excluding carboxylic acids is 1. The van der Waals surface area contributed by atoms with Gasteiger partial charge in [0, 0.05) is 44.4 Å². The van der Waals surface area contributed by atoms with Gasteiger partial charge >= 0.3 is 0 Å². The molecule has 0 aliphatic carbocycles. The molecule has 4 aromatic heterocycles. The number of fused-ring (bicyclic) bond motifs is 1. The largest absolute Gasteiger partial charge is 0.342 e. The van der Waals surface area contributed by atoms with Gasteiger partial charge in [-0.1, -0.05) is 0 Å². The van der Waals surface area contributed by atoms with Crippen LogP contribution in [0.5, 0.6) is 0 Å². The molecule has 1 aliphatic heterocycles. The third-order valence-corrected chi connectivity index (χ3v) is 8.44. The fourth-order valence-electron chi connectivity index (χ4n) is 4.70. The third kappa shape index (κ3) is 4.36. The van der Waals surface area contributed by atoms with Crippen molar-refractivity contribution in [1.82, 2.24) is 38.6 Å². The highest BCUT2D eigenvalue weighted by atomic mass is 32.2. The standard InChI is InChI=1S/C24H28N8O3S/c1-15(2)32-16(3)28-22-12-26-20(10-23(22)32)9-19-5-7-25-24(29-19)18-11-27-31(13-18)36(34,35)21-6-8-30(14-21)17(4)33/h5,7,10-13,15,21H,6,8-9,14H2,1-4H3. The summed E-state index contributed by atoms with van der Waals surface area (Å²) in [5.74, 6) is 1.20. The molecular weight excluding hydrogens is 480 g/mol. The van der Waals surface area contributed by atoms with Crippen molar-refractivity contribution in [1.29, 1.82) is 0 Å². The predicted octanol–water partition coefficient (Wildman–Crippen LogP) is 2.36. The van der Waals surface area contributed by atoms with Crippen molar-refractivity contribution >= 4 is 27.0 Å². The number of hydrogen-bond acceptors (Lipinski definition) is 8. The summed E-state index contributed by atoms with van der Waals surface area (Å²) in [4.78, 5) is 31.3. The van der Waals surface area contributed by atoms with Crippen LogP contribution in [0.15, 0.2) is 36.9 Å².